The van der Waals surface area contributed by atoms with Crippen molar-refractivity contribution in [3.63, 3.8) is 0 Å². The summed E-state index contributed by atoms with van der Waals surface area (Å²) >= 11 is 0. The van der Waals surface area contributed by atoms with Crippen molar-refractivity contribution in [2.45, 2.75) is 19.3 Å². The monoisotopic (exact) mass is 878 g/mol. The van der Waals surface area contributed by atoms with Crippen molar-refractivity contribution in [1.29, 1.82) is 0 Å². The van der Waals surface area contributed by atoms with Crippen molar-refractivity contribution in [1.82, 2.24) is 19.1 Å². The van der Waals surface area contributed by atoms with Crippen LogP contribution in [0.3, 0.4) is 0 Å². The van der Waals surface area contributed by atoms with Gasteiger partial charge in [0, 0.05) is 49.2 Å². The van der Waals surface area contributed by atoms with Gasteiger partial charge in [0.1, 0.15) is 0 Å². The normalized spacial score (nSPS) is 13.2. The summed E-state index contributed by atoms with van der Waals surface area (Å²) in [5, 5.41) is 12.1. The first-order chi connectivity index (χ1) is 33.9. The Hall–Kier alpha value is -8.86. The van der Waals surface area contributed by atoms with Crippen LogP contribution in [0.5, 0.6) is 0 Å². The van der Waals surface area contributed by atoms with Crippen LogP contribution in [0.2, 0.25) is 0 Å². The van der Waals surface area contributed by atoms with Gasteiger partial charge in [0.15, 0.2) is 0 Å². The molecule has 322 valence electrons. The summed E-state index contributed by atoms with van der Waals surface area (Å²) in [6.07, 6.45) is 0. The maximum atomic E-state index is 5.51. The maximum Gasteiger partial charge on any atom is 0.0974 e. The summed E-state index contributed by atoms with van der Waals surface area (Å²) in [6.45, 7) is 4.68. The number of aromatic nitrogens is 4. The quantitative estimate of drug-likeness (QED) is 0.177. The molecule has 3 aromatic heterocycles. The fourth-order valence-electron chi connectivity index (χ4n) is 11.9. The standard InChI is InChI=1S/C65H42N4/c1-65(2)54-22-10-7-19-48(54)49-30-28-43(35-55(49)65)63-64(67-57-24-12-11-23-56(57)66-63)45-31-42-17-5-6-18-47(42)60(38-45)69-59-26-14-9-21-51(59)53-34-41-27-29-46(32-44(41)37-62(53)69)68-58-25-13-8-20-50(58)52-33-39-15-3-4-16-40(39)36-61(52)68/h3-38H,1-2H3. The van der Waals surface area contributed by atoms with Crippen molar-refractivity contribution >= 4 is 87.0 Å². The highest BCUT2D eigenvalue weighted by Crippen LogP contribution is 2.50. The van der Waals surface area contributed by atoms with E-state index in [9.17, 15) is 0 Å². The van der Waals surface area contributed by atoms with Gasteiger partial charge in [0.25, 0.3) is 0 Å². The van der Waals surface area contributed by atoms with E-state index < -0.39 is 0 Å². The second kappa shape index (κ2) is 14.1. The number of hydrogen-bond acceptors (Lipinski definition) is 2. The van der Waals surface area contributed by atoms with Crippen molar-refractivity contribution in [3.05, 3.63) is 230 Å². The lowest BCUT2D eigenvalue weighted by molar-refractivity contribution is 0.660. The topological polar surface area (TPSA) is 35.6 Å². The first-order valence-electron chi connectivity index (χ1n) is 23.9. The summed E-state index contributed by atoms with van der Waals surface area (Å²) < 4.78 is 4.93. The van der Waals surface area contributed by atoms with Gasteiger partial charge < -0.3 is 9.13 Å². The number of fused-ring (bicyclic) bond motifs is 13. The first-order valence-corrected chi connectivity index (χ1v) is 23.9. The largest absolute Gasteiger partial charge is 0.309 e. The van der Waals surface area contributed by atoms with E-state index in [0.717, 1.165) is 61.3 Å². The summed E-state index contributed by atoms with van der Waals surface area (Å²) in [5.41, 5.74) is 17.7. The molecule has 0 N–H and O–H groups in total. The smallest absolute Gasteiger partial charge is 0.0974 e. The molecule has 0 saturated heterocycles. The first kappa shape index (κ1) is 38.3. The summed E-state index contributed by atoms with van der Waals surface area (Å²) in [6, 6.07) is 80.2. The van der Waals surface area contributed by atoms with Gasteiger partial charge >= 0.3 is 0 Å². The fourth-order valence-corrected chi connectivity index (χ4v) is 11.9. The lowest BCUT2D eigenvalue weighted by atomic mass is 9.81. The lowest BCUT2D eigenvalue weighted by Gasteiger charge is -2.22. The lowest BCUT2D eigenvalue weighted by Crippen LogP contribution is -2.15. The molecule has 4 nitrogen and oxygen atoms in total. The molecule has 15 rings (SSSR count). The van der Waals surface area contributed by atoms with Crippen LogP contribution in [0.15, 0.2) is 218 Å². The molecule has 11 aromatic carbocycles. The van der Waals surface area contributed by atoms with Crippen LogP contribution in [-0.2, 0) is 5.41 Å². The van der Waals surface area contributed by atoms with Crippen molar-refractivity contribution in [2.75, 3.05) is 0 Å². The van der Waals surface area contributed by atoms with Crippen LogP contribution in [0, 0.1) is 0 Å². The molecule has 0 bridgehead atoms. The highest BCUT2D eigenvalue weighted by molar-refractivity contribution is 6.16. The van der Waals surface area contributed by atoms with Gasteiger partial charge in [0.05, 0.1) is 50.2 Å². The Bertz CT molecular complexity index is 4530. The van der Waals surface area contributed by atoms with Crippen molar-refractivity contribution in [2.24, 2.45) is 0 Å². The molecule has 0 saturated carbocycles. The van der Waals surface area contributed by atoms with Crippen molar-refractivity contribution in [3.8, 4) is 45.0 Å². The van der Waals surface area contributed by atoms with Crippen LogP contribution in [0.1, 0.15) is 25.0 Å². The predicted octanol–water partition coefficient (Wildman–Crippen LogP) is 16.9. The molecular formula is C65H42N4. The van der Waals surface area contributed by atoms with E-state index in [4.69, 9.17) is 9.97 Å². The van der Waals surface area contributed by atoms with Gasteiger partial charge in [-0.2, -0.15) is 0 Å². The fraction of sp³-hybridized carbons (Fsp3) is 0.0462. The number of rotatable bonds is 4. The summed E-state index contributed by atoms with van der Waals surface area (Å²) in [7, 11) is 0. The van der Waals surface area contributed by atoms with Gasteiger partial charge in [-0.05, 0) is 128 Å². The highest BCUT2D eigenvalue weighted by Gasteiger charge is 2.35. The Morgan fingerprint density at radius 2 is 0.884 bits per heavy atom. The number of hydrogen-bond donors (Lipinski definition) is 0. The number of benzene rings is 11. The third-order valence-corrected chi connectivity index (χ3v) is 15.2. The zero-order valence-corrected chi connectivity index (χ0v) is 38.1. The Morgan fingerprint density at radius 3 is 1.64 bits per heavy atom. The van der Waals surface area contributed by atoms with Crippen LogP contribution >= 0.6 is 0 Å². The van der Waals surface area contributed by atoms with Gasteiger partial charge in [-0.3, -0.25) is 0 Å². The SMILES string of the molecule is CC1(C)c2ccccc2-c2ccc(-c3nc4ccccc4nc3-c3cc(-n4c5ccccc5c5cc6ccc(-n7c8ccccc8c8cc9ccccc9cc87)cc6cc54)c4ccccc4c3)cc21. The Balaban J connectivity index is 0.967. The zero-order valence-electron chi connectivity index (χ0n) is 38.1. The van der Waals surface area contributed by atoms with Crippen LogP contribution in [0.4, 0.5) is 0 Å². The molecule has 0 radical (unpaired) electrons. The van der Waals surface area contributed by atoms with Crippen molar-refractivity contribution < 1.29 is 0 Å². The Labute approximate surface area is 398 Å². The van der Waals surface area contributed by atoms with E-state index in [1.54, 1.807) is 0 Å². The van der Waals surface area contributed by atoms with Crippen LogP contribution in [-0.4, -0.2) is 19.1 Å². The van der Waals surface area contributed by atoms with Gasteiger partial charge in [-0.15, -0.1) is 0 Å². The average molecular weight is 879 g/mol. The Kier molecular flexibility index (Phi) is 7.81. The summed E-state index contributed by atoms with van der Waals surface area (Å²) in [4.78, 5) is 11.0. The van der Waals surface area contributed by atoms with E-state index in [-0.39, 0.29) is 5.41 Å². The molecule has 69 heavy (non-hydrogen) atoms. The summed E-state index contributed by atoms with van der Waals surface area (Å²) in [5.74, 6) is 0. The minimum absolute atomic E-state index is 0.150. The molecule has 1 aliphatic rings. The van der Waals surface area contributed by atoms with E-state index in [0.29, 0.717) is 0 Å². The van der Waals surface area contributed by atoms with Gasteiger partial charge in [0.2, 0.25) is 0 Å². The number of nitrogens with zero attached hydrogens (tertiary/aromatic N) is 4. The second-order valence-corrected chi connectivity index (χ2v) is 19.4. The molecule has 1 aliphatic carbocycles. The molecule has 0 amide bonds. The van der Waals surface area contributed by atoms with Crippen LogP contribution < -0.4 is 0 Å². The molecule has 0 atom stereocenters. The van der Waals surface area contributed by atoms with E-state index >= 15 is 0 Å². The highest BCUT2D eigenvalue weighted by atomic mass is 15.0. The second-order valence-electron chi connectivity index (χ2n) is 19.4. The third-order valence-electron chi connectivity index (χ3n) is 15.2. The van der Waals surface area contributed by atoms with Gasteiger partial charge in [-0.25, -0.2) is 9.97 Å². The molecular weight excluding hydrogens is 837 g/mol. The van der Waals surface area contributed by atoms with Gasteiger partial charge in [-0.1, -0.05) is 153 Å². The molecule has 0 spiro atoms. The molecule has 3 heterocycles. The number of para-hydroxylation sites is 4. The molecule has 14 aromatic rings. The molecule has 4 heteroatoms. The average Bonchev–Trinajstić information content (AvgIpc) is 3.97. The molecule has 0 fully saturated rings. The minimum atomic E-state index is -0.150. The maximum absolute atomic E-state index is 5.51. The van der Waals surface area contributed by atoms with E-state index in [2.05, 4.69) is 241 Å². The molecule has 0 unspecified atom stereocenters. The van der Waals surface area contributed by atoms with E-state index in [1.165, 1.54) is 81.8 Å². The van der Waals surface area contributed by atoms with Crippen LogP contribution in [0.25, 0.3) is 132 Å². The zero-order chi connectivity index (χ0) is 45.5. The minimum Gasteiger partial charge on any atom is -0.309 e. The molecule has 0 aliphatic heterocycles. The third kappa shape index (κ3) is 5.51. The predicted molar refractivity (Wildman–Crippen MR) is 289 cm³/mol. The van der Waals surface area contributed by atoms with E-state index in [1.807, 2.05) is 0 Å². The Morgan fingerprint density at radius 1 is 0.333 bits per heavy atom.